The molecule has 1 aliphatic heterocycles. The molecule has 0 aromatic rings. The summed E-state index contributed by atoms with van der Waals surface area (Å²) in [6.45, 7) is 4.81. The predicted molar refractivity (Wildman–Crippen MR) is 59.7 cm³/mol. The summed E-state index contributed by atoms with van der Waals surface area (Å²) < 4.78 is 0. The molecule has 0 unspecified atom stereocenters. The molecule has 2 rings (SSSR count). The van der Waals surface area contributed by atoms with E-state index in [0.29, 0.717) is 12.3 Å². The molecule has 1 N–H and O–H groups in total. The molecular weight excluding hydrogens is 190 g/mol. The van der Waals surface area contributed by atoms with Crippen LogP contribution in [-0.4, -0.2) is 61.5 Å². The molecular formula is C11H21N3O. The minimum atomic E-state index is 0.305. The van der Waals surface area contributed by atoms with Gasteiger partial charge in [0.25, 0.3) is 0 Å². The second-order valence-electron chi connectivity index (χ2n) is 4.50. The summed E-state index contributed by atoms with van der Waals surface area (Å²) in [5.74, 6) is 0.305. The van der Waals surface area contributed by atoms with Gasteiger partial charge in [0.15, 0.2) is 0 Å². The molecule has 0 aromatic carbocycles. The van der Waals surface area contributed by atoms with Gasteiger partial charge in [-0.1, -0.05) is 0 Å². The van der Waals surface area contributed by atoms with E-state index in [-0.39, 0.29) is 0 Å². The second kappa shape index (κ2) is 4.94. The van der Waals surface area contributed by atoms with Crippen molar-refractivity contribution in [2.75, 3.05) is 39.8 Å². The van der Waals surface area contributed by atoms with Gasteiger partial charge in [-0.25, -0.2) is 0 Å². The molecule has 1 heterocycles. The summed E-state index contributed by atoms with van der Waals surface area (Å²) in [4.78, 5) is 16.3. The van der Waals surface area contributed by atoms with Crippen LogP contribution in [-0.2, 0) is 4.79 Å². The SMILES string of the molecule is CNCCC(=O)N1CCN(C2CC2)CC1. The Morgan fingerprint density at radius 3 is 2.47 bits per heavy atom. The number of amides is 1. The molecule has 1 saturated heterocycles. The molecule has 1 saturated carbocycles. The lowest BCUT2D eigenvalue weighted by molar-refractivity contribution is -0.132. The molecule has 0 spiro atoms. The molecule has 0 aromatic heterocycles. The number of nitrogens with one attached hydrogen (secondary N) is 1. The van der Waals surface area contributed by atoms with Gasteiger partial charge in [0, 0.05) is 45.2 Å². The van der Waals surface area contributed by atoms with E-state index < -0.39 is 0 Å². The first-order chi connectivity index (χ1) is 7.31. The molecule has 0 bridgehead atoms. The van der Waals surface area contributed by atoms with E-state index in [4.69, 9.17) is 0 Å². The highest BCUT2D eigenvalue weighted by atomic mass is 16.2. The first kappa shape index (κ1) is 10.9. The van der Waals surface area contributed by atoms with Crippen molar-refractivity contribution in [1.29, 1.82) is 0 Å². The zero-order chi connectivity index (χ0) is 10.7. The standard InChI is InChI=1S/C11H21N3O/c1-12-5-4-11(15)14-8-6-13(7-9-14)10-2-3-10/h10,12H,2-9H2,1H3. The minimum absolute atomic E-state index is 0.305. The molecule has 4 nitrogen and oxygen atoms in total. The summed E-state index contributed by atoms with van der Waals surface area (Å²) in [5, 5.41) is 3.02. The Morgan fingerprint density at radius 1 is 1.27 bits per heavy atom. The van der Waals surface area contributed by atoms with Crippen molar-refractivity contribution in [3.05, 3.63) is 0 Å². The van der Waals surface area contributed by atoms with Crippen LogP contribution in [0, 0.1) is 0 Å². The minimum Gasteiger partial charge on any atom is -0.340 e. The Kier molecular flexibility index (Phi) is 3.59. The van der Waals surface area contributed by atoms with Crippen LogP contribution in [0.15, 0.2) is 0 Å². The van der Waals surface area contributed by atoms with Crippen LogP contribution >= 0.6 is 0 Å². The van der Waals surface area contributed by atoms with Gasteiger partial charge in [-0.15, -0.1) is 0 Å². The molecule has 1 amide bonds. The van der Waals surface area contributed by atoms with Crippen molar-refractivity contribution in [2.45, 2.75) is 25.3 Å². The number of carbonyl (C=O) groups is 1. The van der Waals surface area contributed by atoms with Crippen LogP contribution < -0.4 is 5.32 Å². The molecule has 2 fully saturated rings. The fourth-order valence-electron chi connectivity index (χ4n) is 2.17. The molecule has 15 heavy (non-hydrogen) atoms. The van der Waals surface area contributed by atoms with Crippen LogP contribution in [0.3, 0.4) is 0 Å². The van der Waals surface area contributed by atoms with E-state index >= 15 is 0 Å². The van der Waals surface area contributed by atoms with E-state index in [1.807, 2.05) is 11.9 Å². The first-order valence-corrected chi connectivity index (χ1v) is 5.97. The lowest BCUT2D eigenvalue weighted by Gasteiger charge is -2.34. The monoisotopic (exact) mass is 211 g/mol. The van der Waals surface area contributed by atoms with Crippen LogP contribution in [0.4, 0.5) is 0 Å². The number of nitrogens with zero attached hydrogens (tertiary/aromatic N) is 2. The average molecular weight is 211 g/mol. The van der Waals surface area contributed by atoms with Crippen molar-refractivity contribution in [2.24, 2.45) is 0 Å². The molecule has 0 radical (unpaired) electrons. The maximum atomic E-state index is 11.7. The fraction of sp³-hybridized carbons (Fsp3) is 0.909. The predicted octanol–water partition coefficient (Wildman–Crippen LogP) is -0.0975. The normalized spacial score (nSPS) is 23.1. The Bertz CT molecular complexity index is 220. The third-order valence-corrected chi connectivity index (χ3v) is 3.32. The third-order valence-electron chi connectivity index (χ3n) is 3.32. The van der Waals surface area contributed by atoms with Gasteiger partial charge in [0.2, 0.25) is 5.91 Å². The van der Waals surface area contributed by atoms with Crippen molar-refractivity contribution in [1.82, 2.24) is 15.1 Å². The van der Waals surface area contributed by atoms with Crippen molar-refractivity contribution in [3.8, 4) is 0 Å². The summed E-state index contributed by atoms with van der Waals surface area (Å²) in [5.41, 5.74) is 0. The van der Waals surface area contributed by atoms with E-state index in [1.54, 1.807) is 0 Å². The van der Waals surface area contributed by atoms with Gasteiger partial charge in [-0.2, -0.15) is 0 Å². The lowest BCUT2D eigenvalue weighted by atomic mass is 10.2. The maximum Gasteiger partial charge on any atom is 0.223 e. The van der Waals surface area contributed by atoms with Gasteiger partial charge >= 0.3 is 0 Å². The Hall–Kier alpha value is -0.610. The number of piperazine rings is 1. The first-order valence-electron chi connectivity index (χ1n) is 5.97. The van der Waals surface area contributed by atoms with Gasteiger partial charge in [-0.3, -0.25) is 9.69 Å². The summed E-state index contributed by atoms with van der Waals surface area (Å²) in [6.07, 6.45) is 3.38. The molecule has 4 heteroatoms. The Labute approximate surface area is 91.6 Å². The number of hydrogen-bond acceptors (Lipinski definition) is 3. The lowest BCUT2D eigenvalue weighted by Crippen LogP contribution is -2.49. The highest BCUT2D eigenvalue weighted by Gasteiger charge is 2.31. The van der Waals surface area contributed by atoms with Crippen LogP contribution in [0.25, 0.3) is 0 Å². The summed E-state index contributed by atoms with van der Waals surface area (Å²) in [6, 6.07) is 0.847. The highest BCUT2D eigenvalue weighted by molar-refractivity contribution is 5.76. The molecule has 1 aliphatic carbocycles. The third kappa shape index (κ3) is 2.92. The van der Waals surface area contributed by atoms with Gasteiger partial charge in [-0.05, 0) is 19.9 Å². The fourth-order valence-corrected chi connectivity index (χ4v) is 2.17. The van der Waals surface area contributed by atoms with Crippen molar-refractivity contribution in [3.63, 3.8) is 0 Å². The Morgan fingerprint density at radius 2 is 1.93 bits per heavy atom. The topological polar surface area (TPSA) is 35.6 Å². The van der Waals surface area contributed by atoms with Crippen LogP contribution in [0.2, 0.25) is 0 Å². The van der Waals surface area contributed by atoms with E-state index in [0.717, 1.165) is 38.8 Å². The van der Waals surface area contributed by atoms with Gasteiger partial charge in [0.1, 0.15) is 0 Å². The quantitative estimate of drug-likeness (QED) is 0.705. The zero-order valence-corrected chi connectivity index (χ0v) is 9.54. The maximum absolute atomic E-state index is 11.7. The number of hydrogen-bond donors (Lipinski definition) is 1. The average Bonchev–Trinajstić information content (AvgIpc) is 3.10. The summed E-state index contributed by atoms with van der Waals surface area (Å²) >= 11 is 0. The second-order valence-corrected chi connectivity index (χ2v) is 4.50. The number of carbonyl (C=O) groups excluding carboxylic acids is 1. The van der Waals surface area contributed by atoms with Crippen molar-refractivity contribution >= 4 is 5.91 Å². The molecule has 86 valence electrons. The Balaban J connectivity index is 1.69. The highest BCUT2D eigenvalue weighted by Crippen LogP contribution is 2.27. The van der Waals surface area contributed by atoms with E-state index in [9.17, 15) is 4.79 Å². The van der Waals surface area contributed by atoms with Crippen LogP contribution in [0.5, 0.6) is 0 Å². The number of rotatable bonds is 4. The van der Waals surface area contributed by atoms with Crippen LogP contribution in [0.1, 0.15) is 19.3 Å². The largest absolute Gasteiger partial charge is 0.340 e. The van der Waals surface area contributed by atoms with E-state index in [2.05, 4.69) is 10.2 Å². The van der Waals surface area contributed by atoms with Gasteiger partial charge in [0.05, 0.1) is 0 Å². The smallest absolute Gasteiger partial charge is 0.223 e. The zero-order valence-electron chi connectivity index (χ0n) is 9.54. The van der Waals surface area contributed by atoms with E-state index in [1.165, 1.54) is 12.8 Å². The molecule has 0 atom stereocenters. The summed E-state index contributed by atoms with van der Waals surface area (Å²) in [7, 11) is 1.89. The molecule has 2 aliphatic rings. The van der Waals surface area contributed by atoms with Gasteiger partial charge < -0.3 is 10.2 Å². The van der Waals surface area contributed by atoms with Crippen molar-refractivity contribution < 1.29 is 4.79 Å².